The van der Waals surface area contributed by atoms with Crippen LogP contribution in [0.3, 0.4) is 0 Å². The van der Waals surface area contributed by atoms with E-state index in [9.17, 15) is 13.2 Å². The molecule has 0 N–H and O–H groups in total. The van der Waals surface area contributed by atoms with Gasteiger partial charge in [0.15, 0.2) is 4.71 Å². The maximum absolute atomic E-state index is 10.6. The summed E-state index contributed by atoms with van der Waals surface area (Å²) in [7, 11) is -4.11. The molecule has 0 fully saturated rings. The Labute approximate surface area is 78.2 Å². The third-order valence-corrected chi connectivity index (χ3v) is 3.81. The summed E-state index contributed by atoms with van der Waals surface area (Å²) in [6.45, 7) is 0. The van der Waals surface area contributed by atoms with Gasteiger partial charge >= 0.3 is 0 Å². The van der Waals surface area contributed by atoms with Gasteiger partial charge in [0, 0.05) is 0 Å². The Morgan fingerprint density at radius 1 is 1.27 bits per heavy atom. The van der Waals surface area contributed by atoms with Crippen LogP contribution < -0.4 is 0 Å². The molecule has 1 unspecified atom stereocenters. The first-order chi connectivity index (χ1) is 4.91. The number of halogens is 3. The second kappa shape index (κ2) is 4.28. The van der Waals surface area contributed by atoms with Gasteiger partial charge in [-0.3, -0.25) is 0 Å². The van der Waals surface area contributed by atoms with E-state index in [4.69, 9.17) is 34.8 Å². The van der Waals surface area contributed by atoms with Crippen LogP contribution in [-0.2, 0) is 14.8 Å². The number of isocyanates is 1. The summed E-state index contributed by atoms with van der Waals surface area (Å²) < 4.78 is 22.1. The van der Waals surface area contributed by atoms with Crippen molar-refractivity contribution in [3.05, 3.63) is 0 Å². The third-order valence-electron chi connectivity index (χ3n) is 0.647. The number of carbonyl (C=O) groups excluding carboxylic acids is 1. The molecule has 0 amide bonds. The Kier molecular flexibility index (Phi) is 4.36. The average Bonchev–Trinajstić information content (AvgIpc) is 1.86. The summed E-state index contributed by atoms with van der Waals surface area (Å²) in [5.74, 6) is 0. The molecule has 0 aliphatic carbocycles. The number of rotatable bonds is 3. The summed E-state index contributed by atoms with van der Waals surface area (Å²) in [6, 6.07) is 0. The van der Waals surface area contributed by atoms with Crippen molar-refractivity contribution in [2.24, 2.45) is 4.40 Å². The summed E-state index contributed by atoms with van der Waals surface area (Å²) >= 11 is 15.4. The standard InChI is InChI=1S/C3H2Cl3NO3S/c4-2(5)3(6)11(9,10)7-1-8/h2-3H. The van der Waals surface area contributed by atoms with E-state index in [0.29, 0.717) is 0 Å². The summed E-state index contributed by atoms with van der Waals surface area (Å²) in [4.78, 5) is 8.20. The van der Waals surface area contributed by atoms with Crippen LogP contribution in [-0.4, -0.2) is 24.0 Å². The van der Waals surface area contributed by atoms with E-state index in [2.05, 4.69) is 4.40 Å². The minimum Gasteiger partial charge on any atom is -0.210 e. The number of nitrogens with zero attached hydrogens (tertiary/aromatic N) is 1. The Morgan fingerprint density at radius 2 is 1.73 bits per heavy atom. The molecule has 4 nitrogen and oxygen atoms in total. The van der Waals surface area contributed by atoms with Gasteiger partial charge in [-0.25, -0.2) is 13.2 Å². The molecule has 8 heteroatoms. The SMILES string of the molecule is O=C=NS(=O)(=O)C(Cl)C(Cl)Cl. The van der Waals surface area contributed by atoms with Crippen molar-refractivity contribution in [3.63, 3.8) is 0 Å². The summed E-state index contributed by atoms with van der Waals surface area (Å²) in [5.41, 5.74) is 0. The maximum Gasteiger partial charge on any atom is 0.283 e. The molecule has 0 heterocycles. The number of hydrogen-bond acceptors (Lipinski definition) is 3. The summed E-state index contributed by atoms with van der Waals surface area (Å²) in [5, 5.41) is 0. The van der Waals surface area contributed by atoms with E-state index in [-0.39, 0.29) is 0 Å². The van der Waals surface area contributed by atoms with Crippen LogP contribution in [0, 0.1) is 0 Å². The van der Waals surface area contributed by atoms with E-state index < -0.39 is 19.6 Å². The van der Waals surface area contributed by atoms with Crippen LogP contribution >= 0.6 is 34.8 Å². The van der Waals surface area contributed by atoms with Gasteiger partial charge < -0.3 is 0 Å². The van der Waals surface area contributed by atoms with Gasteiger partial charge in [0.2, 0.25) is 0 Å². The predicted molar refractivity (Wildman–Crippen MR) is 42.2 cm³/mol. The van der Waals surface area contributed by atoms with Crippen molar-refractivity contribution >= 4 is 50.9 Å². The lowest BCUT2D eigenvalue weighted by atomic mass is 10.9. The molecule has 0 bridgehead atoms. The fourth-order valence-electron chi connectivity index (χ4n) is 0.232. The van der Waals surface area contributed by atoms with Crippen molar-refractivity contribution in [2.45, 2.75) is 9.55 Å². The lowest BCUT2D eigenvalue weighted by Gasteiger charge is -2.04. The average molecular weight is 238 g/mol. The quantitative estimate of drug-likeness (QED) is 0.419. The normalized spacial score (nSPS) is 14.2. The van der Waals surface area contributed by atoms with Crippen molar-refractivity contribution in [1.29, 1.82) is 0 Å². The monoisotopic (exact) mass is 237 g/mol. The lowest BCUT2D eigenvalue weighted by Crippen LogP contribution is -2.19. The van der Waals surface area contributed by atoms with Crippen LogP contribution in [0.15, 0.2) is 4.40 Å². The molecule has 0 aromatic rings. The van der Waals surface area contributed by atoms with E-state index in [1.165, 1.54) is 0 Å². The highest BCUT2D eigenvalue weighted by Crippen LogP contribution is 2.20. The minimum atomic E-state index is -4.11. The van der Waals surface area contributed by atoms with E-state index >= 15 is 0 Å². The van der Waals surface area contributed by atoms with Crippen LogP contribution in [0.5, 0.6) is 0 Å². The van der Waals surface area contributed by atoms with Crippen LogP contribution in [0.1, 0.15) is 0 Å². The smallest absolute Gasteiger partial charge is 0.210 e. The fourth-order valence-corrected chi connectivity index (χ4v) is 1.60. The molecular formula is C3H2Cl3NO3S. The minimum absolute atomic E-state index is 0.829. The second-order valence-electron chi connectivity index (χ2n) is 1.38. The highest BCUT2D eigenvalue weighted by molar-refractivity contribution is 7.92. The van der Waals surface area contributed by atoms with Gasteiger partial charge in [0.1, 0.15) is 4.84 Å². The Morgan fingerprint density at radius 3 is 2.00 bits per heavy atom. The Balaban J connectivity index is 4.71. The van der Waals surface area contributed by atoms with Crippen molar-refractivity contribution in [3.8, 4) is 0 Å². The van der Waals surface area contributed by atoms with Crippen LogP contribution in [0.25, 0.3) is 0 Å². The third kappa shape index (κ3) is 3.40. The van der Waals surface area contributed by atoms with Crippen molar-refractivity contribution in [1.82, 2.24) is 0 Å². The maximum atomic E-state index is 10.6. The van der Waals surface area contributed by atoms with Gasteiger partial charge in [0.25, 0.3) is 16.1 Å². The molecule has 0 aromatic heterocycles. The van der Waals surface area contributed by atoms with E-state index in [0.717, 1.165) is 6.08 Å². The molecule has 0 rings (SSSR count). The Bertz CT molecular complexity index is 268. The van der Waals surface area contributed by atoms with E-state index in [1.54, 1.807) is 0 Å². The van der Waals surface area contributed by atoms with Gasteiger partial charge in [0.05, 0.1) is 0 Å². The van der Waals surface area contributed by atoms with Gasteiger partial charge in [-0.15, -0.1) is 34.8 Å². The molecule has 0 saturated heterocycles. The summed E-state index contributed by atoms with van der Waals surface area (Å²) in [6.07, 6.45) is 0.829. The number of alkyl halides is 3. The topological polar surface area (TPSA) is 63.6 Å². The zero-order valence-corrected chi connectivity index (χ0v) is 7.95. The van der Waals surface area contributed by atoms with Gasteiger partial charge in [-0.05, 0) is 0 Å². The first-order valence-electron chi connectivity index (χ1n) is 2.17. The van der Waals surface area contributed by atoms with E-state index in [1.807, 2.05) is 0 Å². The molecule has 0 radical (unpaired) electrons. The van der Waals surface area contributed by atoms with Crippen molar-refractivity contribution in [2.75, 3.05) is 0 Å². The molecule has 64 valence electrons. The first kappa shape index (κ1) is 11.2. The zero-order chi connectivity index (χ0) is 9.07. The Hall–Kier alpha value is 0.200. The molecule has 0 saturated carbocycles. The highest BCUT2D eigenvalue weighted by Gasteiger charge is 2.28. The van der Waals surface area contributed by atoms with Crippen LogP contribution in [0.4, 0.5) is 0 Å². The second-order valence-corrected chi connectivity index (χ2v) is 5.00. The first-order valence-corrected chi connectivity index (χ1v) is 4.98. The molecule has 11 heavy (non-hydrogen) atoms. The molecular weight excluding hydrogens is 236 g/mol. The van der Waals surface area contributed by atoms with Crippen LogP contribution in [0.2, 0.25) is 0 Å². The fraction of sp³-hybridized carbons (Fsp3) is 0.667. The molecule has 0 spiro atoms. The highest BCUT2D eigenvalue weighted by atomic mass is 35.5. The molecule has 0 aliphatic rings. The van der Waals surface area contributed by atoms with Gasteiger partial charge in [-0.2, -0.15) is 0 Å². The number of sulfonamides is 1. The molecule has 0 aliphatic heterocycles. The number of hydrogen-bond donors (Lipinski definition) is 0. The molecule has 1 atom stereocenters. The van der Waals surface area contributed by atoms with Gasteiger partial charge in [-0.1, -0.05) is 4.40 Å². The molecule has 0 aromatic carbocycles. The van der Waals surface area contributed by atoms with Crippen molar-refractivity contribution < 1.29 is 13.2 Å². The predicted octanol–water partition coefficient (Wildman–Crippen LogP) is 1.02. The lowest BCUT2D eigenvalue weighted by molar-refractivity contribution is 0.563. The zero-order valence-electron chi connectivity index (χ0n) is 4.87. The largest absolute Gasteiger partial charge is 0.283 e.